The summed E-state index contributed by atoms with van der Waals surface area (Å²) in [6.45, 7) is 16.7. The fraction of sp³-hybridized carbons (Fsp3) is 0.400. The van der Waals surface area contributed by atoms with Crippen molar-refractivity contribution in [2.24, 2.45) is 0 Å². The Labute approximate surface area is 216 Å². The third-order valence-electron chi connectivity index (χ3n) is 8.35. The first-order valence-corrected chi connectivity index (χ1v) is 12.8. The fourth-order valence-electron chi connectivity index (χ4n) is 4.57. The molecule has 0 radical (unpaired) electrons. The summed E-state index contributed by atoms with van der Waals surface area (Å²) in [4.78, 5) is 0. The number of rotatable bonds is 4. The van der Waals surface area contributed by atoms with Crippen LogP contribution in [0.1, 0.15) is 55.4 Å². The molecule has 6 heteroatoms. The van der Waals surface area contributed by atoms with Crippen molar-refractivity contribution in [3.63, 3.8) is 0 Å². The van der Waals surface area contributed by atoms with Crippen molar-refractivity contribution >= 4 is 25.2 Å². The largest absolute Gasteiger partial charge is 0.494 e. The van der Waals surface area contributed by atoms with Crippen LogP contribution in [0.25, 0.3) is 22.3 Å². The van der Waals surface area contributed by atoms with Crippen LogP contribution in [-0.2, 0) is 18.6 Å². The molecule has 2 heterocycles. The molecule has 3 aromatic rings. The molecule has 0 bridgehead atoms. The summed E-state index contributed by atoms with van der Waals surface area (Å²) in [5.74, 6) is 0. The van der Waals surface area contributed by atoms with Gasteiger partial charge in [0.05, 0.1) is 22.4 Å². The van der Waals surface area contributed by atoms with Gasteiger partial charge in [0.2, 0.25) is 0 Å². The van der Waals surface area contributed by atoms with Crippen molar-refractivity contribution in [3.05, 3.63) is 72.8 Å². The van der Waals surface area contributed by atoms with Gasteiger partial charge in [-0.1, -0.05) is 66.7 Å². The molecule has 0 N–H and O–H groups in total. The molecule has 0 unspecified atom stereocenters. The highest BCUT2D eigenvalue weighted by Crippen LogP contribution is 2.38. The van der Waals surface area contributed by atoms with E-state index in [2.05, 4.69) is 128 Å². The Balaban J connectivity index is 1.42. The molecule has 36 heavy (non-hydrogen) atoms. The summed E-state index contributed by atoms with van der Waals surface area (Å²) in [6, 6.07) is 25.5. The lowest BCUT2D eigenvalue weighted by Gasteiger charge is -2.32. The van der Waals surface area contributed by atoms with Gasteiger partial charge in [-0.15, -0.1) is 0 Å². The summed E-state index contributed by atoms with van der Waals surface area (Å²) >= 11 is 0. The van der Waals surface area contributed by atoms with Gasteiger partial charge in [-0.05, 0) is 94.6 Å². The highest BCUT2D eigenvalue weighted by Gasteiger charge is 2.52. The zero-order valence-electron chi connectivity index (χ0n) is 22.7. The summed E-state index contributed by atoms with van der Waals surface area (Å²) < 4.78 is 25.1. The van der Waals surface area contributed by atoms with Crippen LogP contribution in [0, 0.1) is 0 Å². The molecule has 2 aliphatic heterocycles. The van der Waals surface area contributed by atoms with E-state index in [-0.39, 0.29) is 36.6 Å². The predicted molar refractivity (Wildman–Crippen MR) is 149 cm³/mol. The summed E-state index contributed by atoms with van der Waals surface area (Å²) in [6.07, 6.45) is 0. The maximum absolute atomic E-state index is 6.28. The van der Waals surface area contributed by atoms with Gasteiger partial charge < -0.3 is 18.6 Å². The minimum Gasteiger partial charge on any atom is -0.399 e. The lowest BCUT2D eigenvalue weighted by Crippen LogP contribution is -2.41. The van der Waals surface area contributed by atoms with E-state index in [1.54, 1.807) is 0 Å². The molecular formula is C30H36B2O4. The lowest BCUT2D eigenvalue weighted by atomic mass is 9.77. The summed E-state index contributed by atoms with van der Waals surface area (Å²) in [5, 5.41) is 0. The average Bonchev–Trinajstić information content (AvgIpc) is 3.19. The third kappa shape index (κ3) is 4.45. The highest BCUT2D eigenvalue weighted by atomic mass is 16.7. The Hall–Kier alpha value is -2.37. The van der Waals surface area contributed by atoms with Gasteiger partial charge in [0.25, 0.3) is 0 Å². The normalized spacial score (nSPS) is 21.7. The lowest BCUT2D eigenvalue weighted by molar-refractivity contribution is 0.00578. The van der Waals surface area contributed by atoms with Crippen LogP contribution in [0.5, 0.6) is 0 Å². The fourth-order valence-corrected chi connectivity index (χ4v) is 4.57. The smallest absolute Gasteiger partial charge is 0.399 e. The Bertz CT molecular complexity index is 1150. The van der Waals surface area contributed by atoms with E-state index in [0.717, 1.165) is 33.2 Å². The monoisotopic (exact) mass is 482 g/mol. The zero-order valence-corrected chi connectivity index (χ0v) is 22.7. The number of hydrogen-bond donors (Lipinski definition) is 0. The average molecular weight is 482 g/mol. The van der Waals surface area contributed by atoms with Gasteiger partial charge in [-0.2, -0.15) is 0 Å². The molecule has 5 rings (SSSR count). The first kappa shape index (κ1) is 25.3. The quantitative estimate of drug-likeness (QED) is 0.453. The zero-order chi connectivity index (χ0) is 25.9. The molecule has 2 saturated heterocycles. The molecule has 0 amide bonds. The molecular weight excluding hydrogens is 446 g/mol. The molecule has 2 aliphatic rings. The van der Waals surface area contributed by atoms with Crippen molar-refractivity contribution in [1.82, 2.24) is 0 Å². The molecule has 3 aromatic carbocycles. The molecule has 0 aliphatic carbocycles. The maximum Gasteiger partial charge on any atom is 0.494 e. The van der Waals surface area contributed by atoms with Gasteiger partial charge in [0.15, 0.2) is 0 Å². The van der Waals surface area contributed by atoms with E-state index in [9.17, 15) is 0 Å². The van der Waals surface area contributed by atoms with Crippen molar-refractivity contribution in [3.8, 4) is 22.3 Å². The second-order valence-electron chi connectivity index (χ2n) is 12.0. The second-order valence-corrected chi connectivity index (χ2v) is 12.0. The topological polar surface area (TPSA) is 36.9 Å². The molecule has 0 spiro atoms. The van der Waals surface area contributed by atoms with Gasteiger partial charge in [0, 0.05) is 0 Å². The Morgan fingerprint density at radius 2 is 0.694 bits per heavy atom. The van der Waals surface area contributed by atoms with E-state index in [4.69, 9.17) is 18.6 Å². The van der Waals surface area contributed by atoms with Gasteiger partial charge in [-0.3, -0.25) is 0 Å². The van der Waals surface area contributed by atoms with Crippen LogP contribution in [0.4, 0.5) is 0 Å². The molecule has 0 atom stereocenters. The molecule has 2 fully saturated rings. The molecule has 186 valence electrons. The first-order valence-electron chi connectivity index (χ1n) is 12.8. The van der Waals surface area contributed by atoms with Crippen LogP contribution in [-0.4, -0.2) is 36.6 Å². The third-order valence-corrected chi connectivity index (χ3v) is 8.35. The van der Waals surface area contributed by atoms with Gasteiger partial charge >= 0.3 is 14.2 Å². The Morgan fingerprint density at radius 3 is 1.03 bits per heavy atom. The van der Waals surface area contributed by atoms with Crippen LogP contribution >= 0.6 is 0 Å². The minimum absolute atomic E-state index is 0.365. The van der Waals surface area contributed by atoms with E-state index < -0.39 is 0 Å². The molecule has 4 nitrogen and oxygen atoms in total. The van der Waals surface area contributed by atoms with Crippen LogP contribution < -0.4 is 10.9 Å². The van der Waals surface area contributed by atoms with Crippen LogP contribution in [0.3, 0.4) is 0 Å². The van der Waals surface area contributed by atoms with Gasteiger partial charge in [-0.25, -0.2) is 0 Å². The standard InChI is InChI=1S/C30H36B2O4/c1-27(2)28(3,4)34-31(33-27)25-16-10-14-23(19-25)21-12-9-13-22(18-21)24-15-11-17-26(20-24)32-35-29(5,6)30(7,8)36-32/h9-20H,1-8H3. The SMILES string of the molecule is CC1(C)OB(c2cccc(-c3cccc(-c4cccc(B5OC(C)(C)C(C)(C)O5)c4)c3)c2)OC1(C)C. The van der Waals surface area contributed by atoms with E-state index in [1.807, 2.05) is 0 Å². The predicted octanol–water partition coefficient (Wildman–Crippen LogP) is 5.62. The van der Waals surface area contributed by atoms with E-state index >= 15 is 0 Å². The summed E-state index contributed by atoms with van der Waals surface area (Å²) in [7, 11) is -0.760. The van der Waals surface area contributed by atoms with Crippen molar-refractivity contribution < 1.29 is 18.6 Å². The van der Waals surface area contributed by atoms with Gasteiger partial charge in [0.1, 0.15) is 0 Å². The maximum atomic E-state index is 6.28. The van der Waals surface area contributed by atoms with Crippen LogP contribution in [0.15, 0.2) is 72.8 Å². The van der Waals surface area contributed by atoms with Crippen molar-refractivity contribution in [1.29, 1.82) is 0 Å². The first-order chi connectivity index (χ1) is 16.8. The van der Waals surface area contributed by atoms with E-state index in [0.29, 0.717) is 0 Å². The highest BCUT2D eigenvalue weighted by molar-refractivity contribution is 6.62. The van der Waals surface area contributed by atoms with Crippen molar-refractivity contribution in [2.75, 3.05) is 0 Å². The molecule has 0 aromatic heterocycles. The number of benzene rings is 3. The van der Waals surface area contributed by atoms with Crippen molar-refractivity contribution in [2.45, 2.75) is 77.8 Å². The molecule has 0 saturated carbocycles. The summed E-state index contributed by atoms with van der Waals surface area (Å²) in [5.41, 5.74) is 5.15. The Kier molecular flexibility index (Phi) is 6.04. The second kappa shape index (κ2) is 8.59. The van der Waals surface area contributed by atoms with E-state index in [1.165, 1.54) is 0 Å². The van der Waals surface area contributed by atoms with Crippen LogP contribution in [0.2, 0.25) is 0 Å². The number of hydrogen-bond acceptors (Lipinski definition) is 4. The Morgan fingerprint density at radius 1 is 0.417 bits per heavy atom. The minimum atomic E-state index is -0.380.